The van der Waals surface area contributed by atoms with Crippen LogP contribution >= 0.6 is 11.6 Å². The SMILES string of the molecule is COC(=O)C1=C(C)N(c2ccc(Cl)cc2)C(=O)/C1=C\c1cccc(OC)c1OC. The van der Waals surface area contributed by atoms with Gasteiger partial charge in [-0.05, 0) is 43.3 Å². The summed E-state index contributed by atoms with van der Waals surface area (Å²) in [5, 5.41) is 0.548. The van der Waals surface area contributed by atoms with Crippen molar-refractivity contribution in [1.29, 1.82) is 0 Å². The second kappa shape index (κ2) is 8.41. The second-order valence-corrected chi connectivity index (χ2v) is 6.65. The van der Waals surface area contributed by atoms with E-state index in [-0.39, 0.29) is 17.1 Å². The number of benzene rings is 2. The third kappa shape index (κ3) is 3.71. The highest BCUT2D eigenvalue weighted by molar-refractivity contribution is 6.30. The van der Waals surface area contributed by atoms with Crippen molar-refractivity contribution in [2.45, 2.75) is 6.92 Å². The maximum Gasteiger partial charge on any atom is 0.340 e. The fourth-order valence-corrected chi connectivity index (χ4v) is 3.39. The van der Waals surface area contributed by atoms with Gasteiger partial charge in [-0.2, -0.15) is 0 Å². The standard InChI is InChI=1S/C22H20ClNO5/c1-13-19(22(26)29-4)17(12-14-6-5-7-18(27-2)20(14)28-3)21(25)24(13)16-10-8-15(23)9-11-16/h5-12H,1-4H3/b17-12-. The van der Waals surface area contributed by atoms with Gasteiger partial charge in [0.15, 0.2) is 11.5 Å². The number of nitrogens with zero attached hydrogens (tertiary/aromatic N) is 1. The zero-order valence-corrected chi connectivity index (χ0v) is 17.2. The van der Waals surface area contributed by atoms with Crippen LogP contribution in [0.25, 0.3) is 6.08 Å². The molecule has 1 amide bonds. The molecule has 0 bridgehead atoms. The van der Waals surface area contributed by atoms with Crippen molar-refractivity contribution in [2.75, 3.05) is 26.2 Å². The lowest BCUT2D eigenvalue weighted by Gasteiger charge is -2.18. The van der Waals surface area contributed by atoms with Crippen LogP contribution < -0.4 is 14.4 Å². The molecule has 3 rings (SSSR count). The molecule has 6 nitrogen and oxygen atoms in total. The van der Waals surface area contributed by atoms with Crippen LogP contribution in [0.15, 0.2) is 59.3 Å². The summed E-state index contributed by atoms with van der Waals surface area (Å²) in [6, 6.07) is 12.1. The lowest BCUT2D eigenvalue weighted by atomic mass is 10.0. The molecule has 1 aliphatic rings. The Morgan fingerprint density at radius 1 is 1.03 bits per heavy atom. The zero-order valence-electron chi connectivity index (χ0n) is 16.5. The number of esters is 1. The van der Waals surface area contributed by atoms with E-state index in [1.54, 1.807) is 55.5 Å². The van der Waals surface area contributed by atoms with Crippen LogP contribution in [0.1, 0.15) is 12.5 Å². The molecule has 0 saturated carbocycles. The quantitative estimate of drug-likeness (QED) is 0.542. The summed E-state index contributed by atoms with van der Waals surface area (Å²) in [5.41, 5.74) is 2.06. The van der Waals surface area contributed by atoms with E-state index in [1.165, 1.54) is 26.2 Å². The Morgan fingerprint density at radius 2 is 1.72 bits per heavy atom. The van der Waals surface area contributed by atoms with Gasteiger partial charge >= 0.3 is 5.97 Å². The van der Waals surface area contributed by atoms with E-state index in [4.69, 9.17) is 25.8 Å². The Bertz CT molecular complexity index is 1020. The number of para-hydroxylation sites is 1. The van der Waals surface area contributed by atoms with Gasteiger partial charge in [-0.1, -0.05) is 23.7 Å². The minimum atomic E-state index is -0.597. The molecule has 0 atom stereocenters. The van der Waals surface area contributed by atoms with Crippen LogP contribution in [0.2, 0.25) is 5.02 Å². The Morgan fingerprint density at radius 3 is 2.31 bits per heavy atom. The average Bonchev–Trinajstić information content (AvgIpc) is 2.97. The van der Waals surface area contributed by atoms with Crippen LogP contribution in [0.3, 0.4) is 0 Å². The molecule has 0 radical (unpaired) electrons. The monoisotopic (exact) mass is 413 g/mol. The zero-order chi connectivity index (χ0) is 21.1. The molecular formula is C22H20ClNO5. The molecule has 2 aromatic rings. The molecule has 0 spiro atoms. The topological polar surface area (TPSA) is 65.1 Å². The number of hydrogen-bond acceptors (Lipinski definition) is 5. The summed E-state index contributed by atoms with van der Waals surface area (Å²) >= 11 is 5.96. The lowest BCUT2D eigenvalue weighted by molar-refractivity contribution is -0.136. The third-order valence-corrected chi connectivity index (χ3v) is 4.86. The Labute approximate surface area is 173 Å². The van der Waals surface area contributed by atoms with E-state index >= 15 is 0 Å². The molecule has 2 aromatic carbocycles. The minimum absolute atomic E-state index is 0.192. The number of methoxy groups -OCH3 is 3. The van der Waals surface area contributed by atoms with E-state index in [9.17, 15) is 9.59 Å². The Hall–Kier alpha value is -3.25. The fraction of sp³-hybridized carbons (Fsp3) is 0.182. The minimum Gasteiger partial charge on any atom is -0.493 e. The molecule has 0 unspecified atom stereocenters. The molecule has 0 saturated heterocycles. The largest absolute Gasteiger partial charge is 0.493 e. The van der Waals surface area contributed by atoms with E-state index in [0.717, 1.165) is 0 Å². The van der Waals surface area contributed by atoms with Gasteiger partial charge < -0.3 is 14.2 Å². The molecule has 0 aliphatic carbocycles. The first kappa shape index (κ1) is 20.5. The molecule has 7 heteroatoms. The van der Waals surface area contributed by atoms with E-state index in [1.807, 2.05) is 0 Å². The van der Waals surface area contributed by atoms with Crippen molar-refractivity contribution in [1.82, 2.24) is 0 Å². The molecule has 1 heterocycles. The van der Waals surface area contributed by atoms with Crippen molar-refractivity contribution in [2.24, 2.45) is 0 Å². The van der Waals surface area contributed by atoms with Crippen LogP contribution in [-0.2, 0) is 14.3 Å². The first-order chi connectivity index (χ1) is 13.9. The number of hydrogen-bond donors (Lipinski definition) is 0. The normalized spacial score (nSPS) is 15.1. The number of ether oxygens (including phenoxy) is 3. The predicted molar refractivity (Wildman–Crippen MR) is 111 cm³/mol. The Balaban J connectivity index is 2.18. The van der Waals surface area contributed by atoms with Gasteiger partial charge in [-0.15, -0.1) is 0 Å². The van der Waals surface area contributed by atoms with Crippen LogP contribution in [0, 0.1) is 0 Å². The third-order valence-electron chi connectivity index (χ3n) is 4.61. The van der Waals surface area contributed by atoms with Gasteiger partial charge in [-0.25, -0.2) is 4.79 Å². The highest BCUT2D eigenvalue weighted by Crippen LogP contribution is 2.38. The first-order valence-electron chi connectivity index (χ1n) is 8.75. The second-order valence-electron chi connectivity index (χ2n) is 6.21. The predicted octanol–water partition coefficient (Wildman–Crippen LogP) is 4.23. The average molecular weight is 414 g/mol. The van der Waals surface area contributed by atoms with Crippen LogP contribution in [0.4, 0.5) is 5.69 Å². The lowest BCUT2D eigenvalue weighted by Crippen LogP contribution is -2.24. The molecule has 0 aromatic heterocycles. The summed E-state index contributed by atoms with van der Waals surface area (Å²) in [6.45, 7) is 1.70. The maximum atomic E-state index is 13.3. The summed E-state index contributed by atoms with van der Waals surface area (Å²) in [5.74, 6) is 0.0276. The van der Waals surface area contributed by atoms with Crippen molar-refractivity contribution >= 4 is 35.2 Å². The molecule has 0 fully saturated rings. The highest BCUT2D eigenvalue weighted by Gasteiger charge is 2.38. The number of amides is 1. The number of allylic oxidation sites excluding steroid dienone is 1. The van der Waals surface area contributed by atoms with Gasteiger partial charge in [-0.3, -0.25) is 9.69 Å². The van der Waals surface area contributed by atoms with Crippen molar-refractivity contribution in [3.8, 4) is 11.5 Å². The van der Waals surface area contributed by atoms with Gasteiger partial charge in [0.05, 0.1) is 32.5 Å². The van der Waals surface area contributed by atoms with Gasteiger partial charge in [0.2, 0.25) is 0 Å². The molecule has 29 heavy (non-hydrogen) atoms. The number of carbonyl (C=O) groups excluding carboxylic acids is 2. The number of carbonyl (C=O) groups is 2. The van der Waals surface area contributed by atoms with E-state index in [0.29, 0.717) is 33.5 Å². The van der Waals surface area contributed by atoms with Gasteiger partial charge in [0.1, 0.15) is 0 Å². The smallest absolute Gasteiger partial charge is 0.340 e. The van der Waals surface area contributed by atoms with Crippen molar-refractivity contribution in [3.05, 3.63) is 69.9 Å². The summed E-state index contributed by atoms with van der Waals surface area (Å²) in [6.07, 6.45) is 1.61. The molecule has 150 valence electrons. The molecular weight excluding hydrogens is 394 g/mol. The molecule has 0 N–H and O–H groups in total. The summed E-state index contributed by atoms with van der Waals surface area (Å²) in [7, 11) is 4.32. The van der Waals surface area contributed by atoms with E-state index < -0.39 is 5.97 Å². The molecule has 1 aliphatic heterocycles. The number of halogens is 1. The number of anilines is 1. The summed E-state index contributed by atoms with van der Waals surface area (Å²) in [4.78, 5) is 27.3. The van der Waals surface area contributed by atoms with Crippen LogP contribution in [0.5, 0.6) is 11.5 Å². The van der Waals surface area contributed by atoms with Crippen molar-refractivity contribution in [3.63, 3.8) is 0 Å². The van der Waals surface area contributed by atoms with Gasteiger partial charge in [0, 0.05) is 22.0 Å². The highest BCUT2D eigenvalue weighted by atomic mass is 35.5. The summed E-state index contributed by atoms with van der Waals surface area (Å²) < 4.78 is 15.7. The Kier molecular flexibility index (Phi) is 5.94. The van der Waals surface area contributed by atoms with E-state index in [2.05, 4.69) is 0 Å². The van der Waals surface area contributed by atoms with Crippen LogP contribution in [-0.4, -0.2) is 33.2 Å². The first-order valence-corrected chi connectivity index (χ1v) is 9.13. The fourth-order valence-electron chi connectivity index (χ4n) is 3.26. The number of rotatable bonds is 5. The maximum absolute atomic E-state index is 13.3. The van der Waals surface area contributed by atoms with Crippen molar-refractivity contribution < 1.29 is 23.8 Å². The van der Waals surface area contributed by atoms with Gasteiger partial charge in [0.25, 0.3) is 5.91 Å².